The Hall–Kier alpha value is -7.15. The molecule has 0 saturated heterocycles. The van der Waals surface area contributed by atoms with Crippen LogP contribution in [0.4, 0.5) is 0 Å². The second-order valence-electron chi connectivity index (χ2n) is 14.0. The van der Waals surface area contributed by atoms with Gasteiger partial charge in [0.05, 0.1) is 11.0 Å². The quantitative estimate of drug-likeness (QED) is 0.182. The summed E-state index contributed by atoms with van der Waals surface area (Å²) in [6, 6.07) is 59.6. The van der Waals surface area contributed by atoms with Crippen LogP contribution in [0.15, 0.2) is 174 Å². The van der Waals surface area contributed by atoms with Gasteiger partial charge in [0, 0.05) is 64.1 Å². The van der Waals surface area contributed by atoms with E-state index in [0.717, 1.165) is 80.9 Å². The Balaban J connectivity index is 1.21. The van der Waals surface area contributed by atoms with Crippen LogP contribution >= 0.6 is 11.3 Å². The fourth-order valence-corrected chi connectivity index (χ4v) is 9.49. The predicted molar refractivity (Wildman–Crippen MR) is 228 cm³/mol. The summed E-state index contributed by atoms with van der Waals surface area (Å²) in [6.07, 6.45) is 0. The first-order valence-electron chi connectivity index (χ1n) is 18.4. The zero-order valence-corrected chi connectivity index (χ0v) is 30.1. The molecule has 0 aliphatic heterocycles. The summed E-state index contributed by atoms with van der Waals surface area (Å²) in [4.78, 5) is 15.7. The number of hydrogen-bond acceptors (Lipinski definition) is 5. The number of fused-ring (bicyclic) bond motifs is 11. The van der Waals surface area contributed by atoms with Crippen LogP contribution in [0.2, 0.25) is 0 Å². The van der Waals surface area contributed by atoms with E-state index in [1.165, 1.54) is 16.2 Å². The fraction of sp³-hybridized carbons (Fsp3) is 0. The van der Waals surface area contributed by atoms with Gasteiger partial charge in [-0.2, -0.15) is 0 Å². The fourth-order valence-electron chi connectivity index (χ4n) is 8.30. The molecule has 55 heavy (non-hydrogen) atoms. The first kappa shape index (κ1) is 30.3. The average molecular weight is 721 g/mol. The Bertz CT molecular complexity index is 3450. The van der Waals surface area contributed by atoms with Gasteiger partial charge in [0.25, 0.3) is 0 Å². The molecule has 0 radical (unpaired) electrons. The van der Waals surface area contributed by atoms with Gasteiger partial charge < -0.3 is 8.98 Å². The summed E-state index contributed by atoms with van der Waals surface area (Å²) in [6.45, 7) is 0. The maximum atomic E-state index is 6.70. The van der Waals surface area contributed by atoms with E-state index in [0.29, 0.717) is 17.5 Å². The van der Waals surface area contributed by atoms with Crippen LogP contribution < -0.4 is 0 Å². The highest BCUT2D eigenvalue weighted by Crippen LogP contribution is 2.46. The molecule has 0 N–H and O–H groups in total. The van der Waals surface area contributed by atoms with Crippen molar-refractivity contribution in [1.29, 1.82) is 0 Å². The molecule has 0 amide bonds. The zero-order chi connectivity index (χ0) is 36.0. The van der Waals surface area contributed by atoms with Gasteiger partial charge in [0.1, 0.15) is 11.2 Å². The van der Waals surface area contributed by atoms with Gasteiger partial charge in [-0.3, -0.25) is 0 Å². The summed E-state index contributed by atoms with van der Waals surface area (Å²) in [7, 11) is 0. The Labute approximate surface area is 318 Å². The second kappa shape index (κ2) is 11.7. The third kappa shape index (κ3) is 4.62. The molecule has 8 aromatic carbocycles. The molecule has 4 heterocycles. The second-order valence-corrected chi connectivity index (χ2v) is 15.0. The normalized spacial score (nSPS) is 12.0. The van der Waals surface area contributed by atoms with Gasteiger partial charge in [-0.1, -0.05) is 121 Å². The molecule has 6 heteroatoms. The molecule has 0 bridgehead atoms. The molecule has 0 aliphatic carbocycles. The number of furan rings is 1. The van der Waals surface area contributed by atoms with Gasteiger partial charge in [-0.25, -0.2) is 15.0 Å². The van der Waals surface area contributed by atoms with Crippen molar-refractivity contribution >= 4 is 86.0 Å². The Morgan fingerprint density at radius 1 is 0.455 bits per heavy atom. The van der Waals surface area contributed by atoms with Gasteiger partial charge in [0.15, 0.2) is 17.5 Å². The number of benzene rings is 8. The third-order valence-electron chi connectivity index (χ3n) is 10.8. The minimum Gasteiger partial charge on any atom is -0.455 e. The lowest BCUT2D eigenvalue weighted by Gasteiger charge is -2.13. The zero-order valence-electron chi connectivity index (χ0n) is 29.3. The van der Waals surface area contributed by atoms with Crippen LogP contribution in [0.3, 0.4) is 0 Å². The van der Waals surface area contributed by atoms with E-state index in [-0.39, 0.29) is 0 Å². The maximum Gasteiger partial charge on any atom is 0.165 e. The van der Waals surface area contributed by atoms with Crippen molar-refractivity contribution in [2.24, 2.45) is 0 Å². The highest BCUT2D eigenvalue weighted by Gasteiger charge is 2.23. The summed E-state index contributed by atoms with van der Waals surface area (Å²) >= 11 is 1.76. The molecule has 0 fully saturated rings. The Morgan fingerprint density at radius 2 is 1.11 bits per heavy atom. The topological polar surface area (TPSA) is 56.7 Å². The molecule has 256 valence electrons. The molecule has 0 unspecified atom stereocenters. The SMILES string of the molecule is c1ccc(-c2nc(-c3ccc4ccccc4c3)nc(-c3cc(-n4c5ccccc5c5ccccc54)cc4c3sc3ccc5c6ccccc6oc5c34)n2)cc1. The van der Waals surface area contributed by atoms with Gasteiger partial charge >= 0.3 is 0 Å². The van der Waals surface area contributed by atoms with E-state index in [4.69, 9.17) is 19.4 Å². The summed E-state index contributed by atoms with van der Waals surface area (Å²) in [5.74, 6) is 1.88. The van der Waals surface area contributed by atoms with Crippen LogP contribution in [-0.2, 0) is 0 Å². The minimum absolute atomic E-state index is 0.622. The Kier molecular flexibility index (Phi) is 6.44. The molecule has 12 aromatic rings. The molecule has 4 aromatic heterocycles. The smallest absolute Gasteiger partial charge is 0.165 e. The molecule has 0 aliphatic rings. The third-order valence-corrected chi connectivity index (χ3v) is 12.0. The number of rotatable bonds is 4. The van der Waals surface area contributed by atoms with E-state index in [1.807, 2.05) is 24.3 Å². The van der Waals surface area contributed by atoms with Crippen LogP contribution in [0.5, 0.6) is 0 Å². The van der Waals surface area contributed by atoms with Crippen molar-refractivity contribution in [3.05, 3.63) is 170 Å². The van der Waals surface area contributed by atoms with Crippen molar-refractivity contribution in [2.75, 3.05) is 0 Å². The highest BCUT2D eigenvalue weighted by molar-refractivity contribution is 7.26. The van der Waals surface area contributed by atoms with Crippen LogP contribution in [0, 0.1) is 0 Å². The number of para-hydroxylation sites is 3. The predicted octanol–water partition coefficient (Wildman–Crippen LogP) is 13.4. The average Bonchev–Trinajstić information content (AvgIpc) is 3.93. The number of thiophene rings is 1. The van der Waals surface area contributed by atoms with E-state index in [9.17, 15) is 0 Å². The van der Waals surface area contributed by atoms with E-state index >= 15 is 0 Å². The highest BCUT2D eigenvalue weighted by atomic mass is 32.1. The van der Waals surface area contributed by atoms with E-state index in [1.54, 1.807) is 11.3 Å². The molecular formula is C49H28N4OS. The molecule has 12 rings (SSSR count). The first-order valence-corrected chi connectivity index (χ1v) is 19.2. The minimum atomic E-state index is 0.622. The molecule has 0 saturated carbocycles. The lowest BCUT2D eigenvalue weighted by molar-refractivity contribution is 0.673. The largest absolute Gasteiger partial charge is 0.455 e. The van der Waals surface area contributed by atoms with Gasteiger partial charge in [-0.15, -0.1) is 11.3 Å². The molecule has 5 nitrogen and oxygen atoms in total. The first-order chi connectivity index (χ1) is 27.2. The summed E-state index contributed by atoms with van der Waals surface area (Å²) in [5.41, 5.74) is 7.90. The van der Waals surface area contributed by atoms with Crippen molar-refractivity contribution < 1.29 is 4.42 Å². The summed E-state index contributed by atoms with van der Waals surface area (Å²) < 4.78 is 11.3. The number of aromatic nitrogens is 4. The lowest BCUT2D eigenvalue weighted by Crippen LogP contribution is -2.01. The van der Waals surface area contributed by atoms with Crippen molar-refractivity contribution in [1.82, 2.24) is 19.5 Å². The van der Waals surface area contributed by atoms with Crippen LogP contribution in [-0.4, -0.2) is 19.5 Å². The van der Waals surface area contributed by atoms with E-state index < -0.39 is 0 Å². The molecule has 0 atom stereocenters. The van der Waals surface area contributed by atoms with E-state index in [2.05, 4.69) is 150 Å². The van der Waals surface area contributed by atoms with Crippen molar-refractivity contribution in [2.45, 2.75) is 0 Å². The number of nitrogens with zero attached hydrogens (tertiary/aromatic N) is 4. The van der Waals surface area contributed by atoms with Gasteiger partial charge in [-0.05, 0) is 59.3 Å². The van der Waals surface area contributed by atoms with Crippen LogP contribution in [0.1, 0.15) is 0 Å². The summed E-state index contributed by atoms with van der Waals surface area (Å²) in [5, 5.41) is 9.15. The van der Waals surface area contributed by atoms with Crippen molar-refractivity contribution in [3.8, 4) is 39.9 Å². The monoisotopic (exact) mass is 720 g/mol. The Morgan fingerprint density at radius 3 is 1.91 bits per heavy atom. The maximum absolute atomic E-state index is 6.70. The van der Waals surface area contributed by atoms with Gasteiger partial charge in [0.2, 0.25) is 0 Å². The number of hydrogen-bond donors (Lipinski definition) is 0. The van der Waals surface area contributed by atoms with Crippen LogP contribution in [0.25, 0.3) is 115 Å². The van der Waals surface area contributed by atoms with Crippen molar-refractivity contribution in [3.63, 3.8) is 0 Å². The molecular weight excluding hydrogens is 693 g/mol. The molecule has 0 spiro atoms. The lowest BCUT2D eigenvalue weighted by atomic mass is 10.0. The standard InChI is InChI=1S/C49H28N4OS/c1-2-13-30(14-3-1)47-50-48(32-23-22-29-12-4-5-15-31(29)26-32)52-49(51-47)39-28-33(53-40-19-9-6-16-34(40)35-17-7-10-20-41(35)53)27-38-44-43(55-46(38)39)25-24-37-36-18-8-11-21-42(36)54-45(37)44/h1-28H.